The maximum atomic E-state index is 12.3. The van der Waals surface area contributed by atoms with E-state index in [0.717, 1.165) is 48.0 Å². The van der Waals surface area contributed by atoms with Crippen molar-refractivity contribution < 1.29 is 9.53 Å². The fourth-order valence-electron chi connectivity index (χ4n) is 2.65. The average Bonchev–Trinajstić information content (AvgIpc) is 3.13. The molecule has 1 aliphatic rings. The Balaban J connectivity index is 1.35. The van der Waals surface area contributed by atoms with Crippen LogP contribution < -0.4 is 9.64 Å². The van der Waals surface area contributed by atoms with Gasteiger partial charge in [0, 0.05) is 48.6 Å². The Morgan fingerprint density at radius 1 is 1.29 bits per heavy atom. The SMILES string of the molecule is O=C(CCCOc1cccc(Br)c1)N1CCN(c2nccs2)CC1. The lowest BCUT2D eigenvalue weighted by Crippen LogP contribution is -2.48. The molecule has 0 N–H and O–H groups in total. The van der Waals surface area contributed by atoms with E-state index < -0.39 is 0 Å². The number of ether oxygens (including phenoxy) is 1. The van der Waals surface area contributed by atoms with Crippen LogP contribution in [-0.4, -0.2) is 48.6 Å². The standard InChI is InChI=1S/C17H20BrN3O2S/c18-14-3-1-4-15(13-14)23-11-2-5-16(22)20-7-9-21(10-8-20)17-19-6-12-24-17/h1,3-4,6,12-13H,2,5,7-11H2. The van der Waals surface area contributed by atoms with Crippen LogP contribution in [0.3, 0.4) is 0 Å². The van der Waals surface area contributed by atoms with Crippen molar-refractivity contribution in [3.8, 4) is 5.75 Å². The summed E-state index contributed by atoms with van der Waals surface area (Å²) in [5.41, 5.74) is 0. The highest BCUT2D eigenvalue weighted by atomic mass is 79.9. The summed E-state index contributed by atoms with van der Waals surface area (Å²) in [7, 11) is 0. The molecular formula is C17H20BrN3O2S. The number of anilines is 1. The quantitative estimate of drug-likeness (QED) is 0.685. The summed E-state index contributed by atoms with van der Waals surface area (Å²) in [5, 5.41) is 3.03. The van der Waals surface area contributed by atoms with Crippen molar-refractivity contribution in [2.75, 3.05) is 37.7 Å². The first-order chi connectivity index (χ1) is 11.7. The average molecular weight is 410 g/mol. The van der Waals surface area contributed by atoms with Crippen molar-refractivity contribution >= 4 is 38.3 Å². The molecule has 7 heteroatoms. The molecule has 0 saturated carbocycles. The number of amides is 1. The number of nitrogens with zero attached hydrogens (tertiary/aromatic N) is 3. The first kappa shape index (κ1) is 17.2. The van der Waals surface area contributed by atoms with Gasteiger partial charge in [-0.3, -0.25) is 4.79 Å². The number of benzene rings is 1. The second-order valence-corrected chi connectivity index (χ2v) is 7.38. The van der Waals surface area contributed by atoms with Gasteiger partial charge in [0.2, 0.25) is 5.91 Å². The van der Waals surface area contributed by atoms with Crippen LogP contribution in [0.2, 0.25) is 0 Å². The van der Waals surface area contributed by atoms with Gasteiger partial charge < -0.3 is 14.5 Å². The van der Waals surface area contributed by atoms with Gasteiger partial charge in [-0.2, -0.15) is 0 Å². The van der Waals surface area contributed by atoms with E-state index >= 15 is 0 Å². The van der Waals surface area contributed by atoms with Crippen LogP contribution in [0.15, 0.2) is 40.3 Å². The van der Waals surface area contributed by atoms with Crippen LogP contribution in [0.5, 0.6) is 5.75 Å². The normalized spacial score (nSPS) is 14.7. The van der Waals surface area contributed by atoms with Gasteiger partial charge in [0.15, 0.2) is 5.13 Å². The van der Waals surface area contributed by atoms with Crippen molar-refractivity contribution in [1.82, 2.24) is 9.88 Å². The Morgan fingerprint density at radius 3 is 2.83 bits per heavy atom. The number of aromatic nitrogens is 1. The lowest BCUT2D eigenvalue weighted by Gasteiger charge is -2.34. The van der Waals surface area contributed by atoms with E-state index in [1.54, 1.807) is 11.3 Å². The minimum Gasteiger partial charge on any atom is -0.494 e. The molecule has 1 aliphatic heterocycles. The Bertz CT molecular complexity index is 658. The molecule has 5 nitrogen and oxygen atoms in total. The number of carbonyl (C=O) groups excluding carboxylic acids is 1. The second-order valence-electron chi connectivity index (χ2n) is 5.59. The maximum Gasteiger partial charge on any atom is 0.222 e. The number of hydrogen-bond donors (Lipinski definition) is 0. The van der Waals surface area contributed by atoms with Gasteiger partial charge >= 0.3 is 0 Å². The van der Waals surface area contributed by atoms with Crippen LogP contribution in [-0.2, 0) is 4.79 Å². The fraction of sp³-hybridized carbons (Fsp3) is 0.412. The van der Waals surface area contributed by atoms with Crippen LogP contribution in [0, 0.1) is 0 Å². The smallest absolute Gasteiger partial charge is 0.222 e. The molecule has 1 amide bonds. The van der Waals surface area contributed by atoms with E-state index in [9.17, 15) is 4.79 Å². The summed E-state index contributed by atoms with van der Waals surface area (Å²) in [6, 6.07) is 7.75. The molecule has 1 aromatic heterocycles. The van der Waals surface area contributed by atoms with Crippen molar-refractivity contribution in [2.45, 2.75) is 12.8 Å². The molecule has 0 bridgehead atoms. The molecule has 0 unspecified atom stereocenters. The number of thiazole rings is 1. The molecule has 24 heavy (non-hydrogen) atoms. The number of halogens is 1. The van der Waals surface area contributed by atoms with E-state index in [2.05, 4.69) is 25.8 Å². The zero-order valence-electron chi connectivity index (χ0n) is 13.4. The van der Waals surface area contributed by atoms with Crippen LogP contribution in [0.25, 0.3) is 0 Å². The Labute approximate surface area is 154 Å². The number of carbonyl (C=O) groups is 1. The van der Waals surface area contributed by atoms with Gasteiger partial charge in [0.1, 0.15) is 5.75 Å². The first-order valence-corrected chi connectivity index (χ1v) is 9.70. The van der Waals surface area contributed by atoms with Crippen molar-refractivity contribution in [3.05, 3.63) is 40.3 Å². The van der Waals surface area contributed by atoms with Crippen LogP contribution in [0.4, 0.5) is 5.13 Å². The largest absolute Gasteiger partial charge is 0.494 e. The van der Waals surface area contributed by atoms with E-state index in [4.69, 9.17) is 4.74 Å². The molecule has 0 atom stereocenters. The number of rotatable bonds is 6. The molecule has 1 fully saturated rings. The molecule has 2 heterocycles. The Hall–Kier alpha value is -1.60. The van der Waals surface area contributed by atoms with E-state index in [0.29, 0.717) is 13.0 Å². The highest BCUT2D eigenvalue weighted by Crippen LogP contribution is 2.20. The number of piperazine rings is 1. The molecule has 1 saturated heterocycles. The van der Waals surface area contributed by atoms with Gasteiger partial charge in [-0.25, -0.2) is 4.98 Å². The molecular weight excluding hydrogens is 390 g/mol. The van der Waals surface area contributed by atoms with Gasteiger partial charge in [0.25, 0.3) is 0 Å². The molecule has 0 radical (unpaired) electrons. The first-order valence-electron chi connectivity index (χ1n) is 8.03. The minimum atomic E-state index is 0.214. The van der Waals surface area contributed by atoms with Gasteiger partial charge in [-0.15, -0.1) is 11.3 Å². The summed E-state index contributed by atoms with van der Waals surface area (Å²) in [5.74, 6) is 1.04. The van der Waals surface area contributed by atoms with E-state index in [1.807, 2.05) is 40.7 Å². The maximum absolute atomic E-state index is 12.3. The van der Waals surface area contributed by atoms with Crippen molar-refractivity contribution in [1.29, 1.82) is 0 Å². The molecule has 0 aliphatic carbocycles. The monoisotopic (exact) mass is 409 g/mol. The summed E-state index contributed by atoms with van der Waals surface area (Å²) >= 11 is 5.06. The summed E-state index contributed by atoms with van der Waals surface area (Å²) in [4.78, 5) is 20.8. The highest BCUT2D eigenvalue weighted by Gasteiger charge is 2.21. The van der Waals surface area contributed by atoms with E-state index in [-0.39, 0.29) is 5.91 Å². The van der Waals surface area contributed by atoms with Crippen LogP contribution in [0.1, 0.15) is 12.8 Å². The third kappa shape index (κ3) is 4.70. The lowest BCUT2D eigenvalue weighted by atomic mass is 10.2. The third-order valence-electron chi connectivity index (χ3n) is 3.92. The highest BCUT2D eigenvalue weighted by molar-refractivity contribution is 9.10. The second kappa shape index (κ2) is 8.48. The molecule has 1 aromatic carbocycles. The predicted molar refractivity (Wildman–Crippen MR) is 99.8 cm³/mol. The van der Waals surface area contributed by atoms with Gasteiger partial charge in [-0.1, -0.05) is 22.0 Å². The van der Waals surface area contributed by atoms with Crippen molar-refractivity contribution in [2.24, 2.45) is 0 Å². The fourth-order valence-corrected chi connectivity index (χ4v) is 3.72. The topological polar surface area (TPSA) is 45.7 Å². The van der Waals surface area contributed by atoms with Crippen molar-refractivity contribution in [3.63, 3.8) is 0 Å². The number of hydrogen-bond acceptors (Lipinski definition) is 5. The molecule has 0 spiro atoms. The molecule has 2 aromatic rings. The summed E-state index contributed by atoms with van der Waals surface area (Å²) < 4.78 is 6.67. The zero-order chi connectivity index (χ0) is 16.8. The lowest BCUT2D eigenvalue weighted by molar-refractivity contribution is -0.131. The molecule has 128 valence electrons. The Kier molecular flexibility index (Phi) is 6.09. The zero-order valence-corrected chi connectivity index (χ0v) is 15.8. The van der Waals surface area contributed by atoms with E-state index in [1.165, 1.54) is 0 Å². The summed E-state index contributed by atoms with van der Waals surface area (Å²) in [6.07, 6.45) is 3.09. The van der Waals surface area contributed by atoms with Crippen LogP contribution >= 0.6 is 27.3 Å². The van der Waals surface area contributed by atoms with Gasteiger partial charge in [-0.05, 0) is 24.6 Å². The third-order valence-corrected chi connectivity index (χ3v) is 5.25. The predicted octanol–water partition coefficient (Wildman–Crippen LogP) is 3.41. The summed E-state index contributed by atoms with van der Waals surface area (Å²) in [6.45, 7) is 3.80. The Morgan fingerprint density at radius 2 is 2.12 bits per heavy atom. The minimum absolute atomic E-state index is 0.214. The molecule has 3 rings (SSSR count). The van der Waals surface area contributed by atoms with Gasteiger partial charge in [0.05, 0.1) is 6.61 Å².